The maximum absolute atomic E-state index is 13.6. The zero-order valence-corrected chi connectivity index (χ0v) is 12.2. The van der Waals surface area contributed by atoms with Gasteiger partial charge < -0.3 is 10.2 Å². The molecule has 0 spiro atoms. The van der Waals surface area contributed by atoms with Crippen LogP contribution in [-0.4, -0.2) is 29.9 Å². The molecule has 2 rings (SSSR count). The summed E-state index contributed by atoms with van der Waals surface area (Å²) in [5, 5.41) is 12.0. The fourth-order valence-corrected chi connectivity index (χ4v) is 2.62. The van der Waals surface area contributed by atoms with Crippen molar-refractivity contribution in [3.8, 4) is 6.07 Å². The number of amides is 1. The summed E-state index contributed by atoms with van der Waals surface area (Å²) < 4.78 is 13.6. The van der Waals surface area contributed by atoms with E-state index in [0.717, 1.165) is 38.8 Å². The van der Waals surface area contributed by atoms with Crippen molar-refractivity contribution < 1.29 is 9.18 Å². The Morgan fingerprint density at radius 1 is 1.33 bits per heavy atom. The summed E-state index contributed by atoms with van der Waals surface area (Å²) >= 11 is 0. The number of nitriles is 1. The van der Waals surface area contributed by atoms with Gasteiger partial charge in [-0.15, -0.1) is 0 Å². The minimum absolute atomic E-state index is 0.00468. The van der Waals surface area contributed by atoms with E-state index < -0.39 is 11.9 Å². The molecule has 0 aromatic heterocycles. The summed E-state index contributed by atoms with van der Waals surface area (Å²) in [6, 6.07) is 5.75. The number of benzene rings is 1. The van der Waals surface area contributed by atoms with Crippen LogP contribution >= 0.6 is 0 Å². The lowest BCUT2D eigenvalue weighted by Crippen LogP contribution is -2.42. The first-order chi connectivity index (χ1) is 10.1. The SMILES string of the molecule is CC(Nc1cccc(F)c1C#N)C(=O)N1CCCCCC1. The van der Waals surface area contributed by atoms with Crippen LogP contribution in [0.25, 0.3) is 0 Å². The second kappa shape index (κ2) is 7.07. The molecular formula is C16H20FN3O. The predicted molar refractivity (Wildman–Crippen MR) is 79.2 cm³/mol. The molecule has 1 amide bonds. The number of rotatable bonds is 3. The van der Waals surface area contributed by atoms with Crippen LogP contribution in [0.15, 0.2) is 18.2 Å². The molecule has 21 heavy (non-hydrogen) atoms. The smallest absolute Gasteiger partial charge is 0.244 e. The van der Waals surface area contributed by atoms with Crippen LogP contribution in [-0.2, 0) is 4.79 Å². The molecule has 1 atom stereocenters. The van der Waals surface area contributed by atoms with Crippen molar-refractivity contribution in [2.24, 2.45) is 0 Å². The Balaban J connectivity index is 2.07. The fourth-order valence-electron chi connectivity index (χ4n) is 2.62. The summed E-state index contributed by atoms with van der Waals surface area (Å²) in [5.74, 6) is -0.568. The maximum atomic E-state index is 13.6. The molecule has 1 aliphatic rings. The second-order valence-electron chi connectivity index (χ2n) is 5.38. The summed E-state index contributed by atoms with van der Waals surface area (Å²) in [6.07, 6.45) is 4.38. The van der Waals surface area contributed by atoms with E-state index in [2.05, 4.69) is 5.32 Å². The quantitative estimate of drug-likeness (QED) is 0.931. The Hall–Kier alpha value is -2.09. The molecular weight excluding hydrogens is 269 g/mol. The van der Waals surface area contributed by atoms with Gasteiger partial charge in [-0.1, -0.05) is 18.9 Å². The van der Waals surface area contributed by atoms with Crippen LogP contribution < -0.4 is 5.32 Å². The van der Waals surface area contributed by atoms with E-state index in [1.54, 1.807) is 13.0 Å². The van der Waals surface area contributed by atoms with Crippen molar-refractivity contribution in [1.29, 1.82) is 5.26 Å². The van der Waals surface area contributed by atoms with Crippen molar-refractivity contribution in [2.75, 3.05) is 18.4 Å². The highest BCUT2D eigenvalue weighted by Crippen LogP contribution is 2.19. The number of nitrogens with zero attached hydrogens (tertiary/aromatic N) is 2. The van der Waals surface area contributed by atoms with E-state index in [-0.39, 0.29) is 11.5 Å². The van der Waals surface area contributed by atoms with Gasteiger partial charge in [-0.3, -0.25) is 4.79 Å². The first-order valence-electron chi connectivity index (χ1n) is 7.37. The van der Waals surface area contributed by atoms with E-state index in [1.807, 2.05) is 11.0 Å². The molecule has 1 aromatic carbocycles. The zero-order valence-electron chi connectivity index (χ0n) is 12.2. The number of hydrogen-bond donors (Lipinski definition) is 1. The van der Waals surface area contributed by atoms with Crippen LogP contribution in [0.3, 0.4) is 0 Å². The number of halogens is 1. The molecule has 1 unspecified atom stereocenters. The Labute approximate surface area is 124 Å². The largest absolute Gasteiger partial charge is 0.373 e. The van der Waals surface area contributed by atoms with Crippen molar-refractivity contribution in [3.63, 3.8) is 0 Å². The van der Waals surface area contributed by atoms with Crippen molar-refractivity contribution in [2.45, 2.75) is 38.6 Å². The Morgan fingerprint density at radius 2 is 2.00 bits per heavy atom. The maximum Gasteiger partial charge on any atom is 0.244 e. The molecule has 0 aliphatic carbocycles. The highest BCUT2D eigenvalue weighted by Gasteiger charge is 2.22. The number of carbonyl (C=O) groups excluding carboxylic acids is 1. The monoisotopic (exact) mass is 289 g/mol. The third-order valence-corrected chi connectivity index (χ3v) is 3.79. The zero-order chi connectivity index (χ0) is 15.2. The van der Waals surface area contributed by atoms with Gasteiger partial charge in [0.15, 0.2) is 0 Å². The molecule has 0 saturated carbocycles. The number of anilines is 1. The van der Waals surface area contributed by atoms with Crippen LogP contribution in [0.5, 0.6) is 0 Å². The van der Waals surface area contributed by atoms with E-state index in [1.165, 1.54) is 12.1 Å². The summed E-state index contributed by atoms with van der Waals surface area (Å²) in [6.45, 7) is 3.30. The minimum Gasteiger partial charge on any atom is -0.373 e. The number of likely N-dealkylation sites (tertiary alicyclic amines) is 1. The average molecular weight is 289 g/mol. The minimum atomic E-state index is -0.572. The van der Waals surface area contributed by atoms with Crippen molar-refractivity contribution in [1.82, 2.24) is 4.90 Å². The van der Waals surface area contributed by atoms with Crippen LogP contribution in [0.2, 0.25) is 0 Å². The molecule has 1 aliphatic heterocycles. The standard InChI is InChI=1S/C16H20FN3O/c1-12(16(21)20-9-4-2-3-5-10-20)19-15-8-6-7-14(17)13(15)11-18/h6-8,12,19H,2-5,9-10H2,1H3. The average Bonchev–Trinajstić information content (AvgIpc) is 2.75. The van der Waals surface area contributed by atoms with E-state index in [9.17, 15) is 9.18 Å². The van der Waals surface area contributed by atoms with Gasteiger partial charge >= 0.3 is 0 Å². The van der Waals surface area contributed by atoms with Crippen molar-refractivity contribution >= 4 is 11.6 Å². The fraction of sp³-hybridized carbons (Fsp3) is 0.500. The lowest BCUT2D eigenvalue weighted by molar-refractivity contribution is -0.131. The van der Waals surface area contributed by atoms with Crippen LogP contribution in [0.4, 0.5) is 10.1 Å². The first kappa shape index (κ1) is 15.3. The second-order valence-corrected chi connectivity index (χ2v) is 5.38. The van der Waals surface area contributed by atoms with Gasteiger partial charge in [0, 0.05) is 13.1 Å². The first-order valence-corrected chi connectivity index (χ1v) is 7.37. The summed E-state index contributed by atoms with van der Waals surface area (Å²) in [7, 11) is 0. The Morgan fingerprint density at radius 3 is 2.62 bits per heavy atom. The third-order valence-electron chi connectivity index (χ3n) is 3.79. The molecule has 0 bridgehead atoms. The lowest BCUT2D eigenvalue weighted by atomic mass is 10.1. The molecule has 1 fully saturated rings. The third kappa shape index (κ3) is 3.72. The summed E-state index contributed by atoms with van der Waals surface area (Å²) in [5.41, 5.74) is 0.321. The molecule has 1 N–H and O–H groups in total. The van der Waals surface area contributed by atoms with Crippen LogP contribution in [0, 0.1) is 17.1 Å². The molecule has 0 radical (unpaired) electrons. The highest BCUT2D eigenvalue weighted by atomic mass is 19.1. The van der Waals surface area contributed by atoms with Gasteiger partial charge in [-0.25, -0.2) is 4.39 Å². The number of nitrogens with one attached hydrogen (secondary N) is 1. The molecule has 1 saturated heterocycles. The van der Waals surface area contributed by atoms with Gasteiger partial charge in [0.1, 0.15) is 23.5 Å². The van der Waals surface area contributed by atoms with Gasteiger partial charge in [-0.2, -0.15) is 5.26 Å². The van der Waals surface area contributed by atoms with E-state index in [0.29, 0.717) is 5.69 Å². The molecule has 112 valence electrons. The normalized spacial score (nSPS) is 16.7. The molecule has 1 aromatic rings. The topological polar surface area (TPSA) is 56.1 Å². The van der Waals surface area contributed by atoms with Gasteiger partial charge in [0.25, 0.3) is 0 Å². The Kier molecular flexibility index (Phi) is 5.15. The van der Waals surface area contributed by atoms with Crippen LogP contribution in [0.1, 0.15) is 38.2 Å². The highest BCUT2D eigenvalue weighted by molar-refractivity contribution is 5.84. The van der Waals surface area contributed by atoms with Crippen molar-refractivity contribution in [3.05, 3.63) is 29.6 Å². The molecule has 5 heteroatoms. The Bertz CT molecular complexity index is 545. The van der Waals surface area contributed by atoms with Gasteiger partial charge in [0.05, 0.1) is 5.69 Å². The number of carbonyl (C=O) groups is 1. The van der Waals surface area contributed by atoms with E-state index in [4.69, 9.17) is 5.26 Å². The molecule has 4 nitrogen and oxygen atoms in total. The lowest BCUT2D eigenvalue weighted by Gasteiger charge is -2.25. The van der Waals surface area contributed by atoms with Gasteiger partial charge in [-0.05, 0) is 31.9 Å². The summed E-state index contributed by atoms with van der Waals surface area (Å²) in [4.78, 5) is 14.3. The van der Waals surface area contributed by atoms with E-state index >= 15 is 0 Å². The number of hydrogen-bond acceptors (Lipinski definition) is 3. The van der Waals surface area contributed by atoms with Gasteiger partial charge in [0.2, 0.25) is 5.91 Å². The predicted octanol–water partition coefficient (Wildman–Crippen LogP) is 2.90. The molecule has 1 heterocycles.